The topological polar surface area (TPSA) is 12.5 Å². The highest BCUT2D eigenvalue weighted by Gasteiger charge is 2.19. The Labute approximate surface area is 105 Å². The Morgan fingerprint density at radius 1 is 1.18 bits per heavy atom. The van der Waals surface area contributed by atoms with Gasteiger partial charge in [0.1, 0.15) is 11.9 Å². The van der Waals surface area contributed by atoms with Gasteiger partial charge in [0.05, 0.1) is 0 Å². The minimum absolute atomic E-state index is 0.397. The highest BCUT2D eigenvalue weighted by atomic mass is 16.5. The molecule has 0 N–H and O–H groups in total. The van der Waals surface area contributed by atoms with Crippen molar-refractivity contribution in [2.24, 2.45) is 0 Å². The van der Waals surface area contributed by atoms with Gasteiger partial charge >= 0.3 is 0 Å². The molecule has 1 aromatic rings. The number of hydrogen-bond acceptors (Lipinski definition) is 2. The maximum Gasteiger partial charge on any atom is 0.119 e. The lowest BCUT2D eigenvalue weighted by Gasteiger charge is -2.32. The Kier molecular flexibility index (Phi) is 4.87. The molecule has 93 valence electrons. The summed E-state index contributed by atoms with van der Waals surface area (Å²) in [6, 6.07) is 10.1. The molecule has 1 fully saturated rings. The van der Waals surface area contributed by atoms with E-state index in [1.54, 1.807) is 0 Å². The first-order chi connectivity index (χ1) is 8.38. The molecule has 1 heterocycles. The van der Waals surface area contributed by atoms with Gasteiger partial charge in [-0.3, -0.25) is 0 Å². The molecule has 0 aliphatic carbocycles. The van der Waals surface area contributed by atoms with Crippen molar-refractivity contribution >= 4 is 0 Å². The third kappa shape index (κ3) is 4.04. The zero-order chi connectivity index (χ0) is 11.9. The number of unbranched alkanes of at least 4 members (excludes halogenated alkanes) is 1. The number of benzene rings is 1. The molecular weight excluding hydrogens is 210 g/mol. The summed E-state index contributed by atoms with van der Waals surface area (Å²) in [6.07, 6.45) is 4.94. The second-order valence-electron chi connectivity index (χ2n) is 4.68. The van der Waals surface area contributed by atoms with E-state index < -0.39 is 0 Å². The van der Waals surface area contributed by atoms with Gasteiger partial charge in [-0.2, -0.15) is 0 Å². The predicted molar refractivity (Wildman–Crippen MR) is 71.1 cm³/mol. The van der Waals surface area contributed by atoms with Gasteiger partial charge in [-0.15, -0.1) is 0 Å². The van der Waals surface area contributed by atoms with E-state index in [4.69, 9.17) is 4.74 Å². The van der Waals surface area contributed by atoms with Crippen molar-refractivity contribution in [1.29, 1.82) is 0 Å². The van der Waals surface area contributed by atoms with Crippen LogP contribution in [0.25, 0.3) is 0 Å². The maximum atomic E-state index is 5.97. The molecule has 0 aromatic heterocycles. The largest absolute Gasteiger partial charge is 0.490 e. The van der Waals surface area contributed by atoms with E-state index in [-0.39, 0.29) is 0 Å². The summed E-state index contributed by atoms with van der Waals surface area (Å²) in [4.78, 5) is 2.52. The van der Waals surface area contributed by atoms with E-state index in [0.717, 1.165) is 38.1 Å². The van der Waals surface area contributed by atoms with Crippen molar-refractivity contribution in [2.45, 2.75) is 31.8 Å². The molecule has 0 bridgehead atoms. The molecule has 2 nitrogen and oxygen atoms in total. The molecule has 0 unspecified atom stereocenters. The molecule has 0 amide bonds. The van der Waals surface area contributed by atoms with Crippen LogP contribution in [0.1, 0.15) is 25.7 Å². The van der Waals surface area contributed by atoms with Crippen LogP contribution in [0.5, 0.6) is 5.75 Å². The molecule has 1 radical (unpaired) electrons. The SMILES string of the molecule is [CH2]CCCN1CCC(Oc2ccccc2)CC1. The summed E-state index contributed by atoms with van der Waals surface area (Å²) < 4.78 is 5.97. The Balaban J connectivity index is 1.72. The first kappa shape index (κ1) is 12.4. The van der Waals surface area contributed by atoms with Crippen LogP contribution in [0, 0.1) is 6.92 Å². The van der Waals surface area contributed by atoms with Gasteiger partial charge in [-0.25, -0.2) is 0 Å². The predicted octanol–water partition coefficient (Wildman–Crippen LogP) is 3.14. The number of rotatable bonds is 5. The standard InChI is InChI=1S/C15H22NO/c1-2-3-11-16-12-9-15(10-13-16)17-14-7-5-4-6-8-14/h4-8,15H,1-3,9-13H2. The average Bonchev–Trinajstić information content (AvgIpc) is 2.39. The summed E-state index contributed by atoms with van der Waals surface area (Å²) in [5.41, 5.74) is 0. The minimum atomic E-state index is 0.397. The van der Waals surface area contributed by atoms with Crippen molar-refractivity contribution in [1.82, 2.24) is 4.90 Å². The monoisotopic (exact) mass is 232 g/mol. The molecule has 17 heavy (non-hydrogen) atoms. The van der Waals surface area contributed by atoms with Gasteiger partial charge in [0, 0.05) is 13.1 Å². The van der Waals surface area contributed by atoms with Gasteiger partial charge in [-0.05, 0) is 37.9 Å². The molecule has 1 aliphatic heterocycles. The minimum Gasteiger partial charge on any atom is -0.490 e. The van der Waals surface area contributed by atoms with Crippen LogP contribution in [0.3, 0.4) is 0 Å². The zero-order valence-electron chi connectivity index (χ0n) is 10.5. The normalized spacial score (nSPS) is 18.2. The smallest absolute Gasteiger partial charge is 0.119 e. The lowest BCUT2D eigenvalue weighted by molar-refractivity contribution is 0.100. The molecule has 1 saturated heterocycles. The van der Waals surface area contributed by atoms with Crippen LogP contribution in [0.15, 0.2) is 30.3 Å². The molecular formula is C15H22NO. The molecule has 0 atom stereocenters. The zero-order valence-corrected chi connectivity index (χ0v) is 10.5. The van der Waals surface area contributed by atoms with Crippen LogP contribution < -0.4 is 4.74 Å². The van der Waals surface area contributed by atoms with E-state index >= 15 is 0 Å². The van der Waals surface area contributed by atoms with Gasteiger partial charge < -0.3 is 9.64 Å². The summed E-state index contributed by atoms with van der Waals surface area (Å²) in [5.74, 6) is 1.00. The number of piperidine rings is 1. The molecule has 2 rings (SSSR count). The third-order valence-electron chi connectivity index (χ3n) is 3.30. The van der Waals surface area contributed by atoms with E-state index in [2.05, 4.69) is 11.8 Å². The third-order valence-corrected chi connectivity index (χ3v) is 3.30. The molecule has 1 aromatic carbocycles. The molecule has 2 heteroatoms. The lowest BCUT2D eigenvalue weighted by atomic mass is 10.1. The van der Waals surface area contributed by atoms with Gasteiger partial charge in [-0.1, -0.05) is 31.5 Å². The first-order valence-electron chi connectivity index (χ1n) is 6.62. The summed E-state index contributed by atoms with van der Waals surface area (Å²) in [7, 11) is 0. The van der Waals surface area contributed by atoms with Crippen LogP contribution >= 0.6 is 0 Å². The van der Waals surface area contributed by atoms with Crippen molar-refractivity contribution in [3.63, 3.8) is 0 Å². The van der Waals surface area contributed by atoms with Crippen molar-refractivity contribution in [2.75, 3.05) is 19.6 Å². The second-order valence-corrected chi connectivity index (χ2v) is 4.68. The Morgan fingerprint density at radius 2 is 1.88 bits per heavy atom. The van der Waals surface area contributed by atoms with Crippen molar-refractivity contribution in [3.05, 3.63) is 37.3 Å². The van der Waals surface area contributed by atoms with Crippen molar-refractivity contribution < 1.29 is 4.74 Å². The number of para-hydroxylation sites is 1. The molecule has 0 saturated carbocycles. The summed E-state index contributed by atoms with van der Waals surface area (Å²) in [5, 5.41) is 0. The first-order valence-corrected chi connectivity index (χ1v) is 6.62. The average molecular weight is 232 g/mol. The fourth-order valence-electron chi connectivity index (χ4n) is 2.28. The van der Waals surface area contributed by atoms with Crippen LogP contribution in [-0.2, 0) is 0 Å². The van der Waals surface area contributed by atoms with Crippen molar-refractivity contribution in [3.8, 4) is 5.75 Å². The van der Waals surface area contributed by atoms with E-state index in [9.17, 15) is 0 Å². The van der Waals surface area contributed by atoms with E-state index in [1.807, 2.05) is 30.3 Å². The summed E-state index contributed by atoms with van der Waals surface area (Å²) in [6.45, 7) is 7.41. The van der Waals surface area contributed by atoms with E-state index in [1.165, 1.54) is 13.0 Å². The Morgan fingerprint density at radius 3 is 2.53 bits per heavy atom. The van der Waals surface area contributed by atoms with Gasteiger partial charge in [0.25, 0.3) is 0 Å². The number of hydrogen-bond donors (Lipinski definition) is 0. The lowest BCUT2D eigenvalue weighted by Crippen LogP contribution is -2.38. The van der Waals surface area contributed by atoms with Crippen LogP contribution in [-0.4, -0.2) is 30.6 Å². The van der Waals surface area contributed by atoms with Crippen LogP contribution in [0.2, 0.25) is 0 Å². The highest BCUT2D eigenvalue weighted by Crippen LogP contribution is 2.18. The van der Waals surface area contributed by atoms with E-state index in [0.29, 0.717) is 6.10 Å². The highest BCUT2D eigenvalue weighted by molar-refractivity contribution is 5.21. The quantitative estimate of drug-likeness (QED) is 0.773. The Bertz CT molecular complexity index is 304. The number of nitrogens with zero attached hydrogens (tertiary/aromatic N) is 1. The second kappa shape index (κ2) is 6.65. The fraction of sp³-hybridized carbons (Fsp3) is 0.533. The number of ether oxygens (including phenoxy) is 1. The summed E-state index contributed by atoms with van der Waals surface area (Å²) >= 11 is 0. The fourth-order valence-corrected chi connectivity index (χ4v) is 2.28. The number of likely N-dealkylation sites (tertiary alicyclic amines) is 1. The van der Waals surface area contributed by atoms with Gasteiger partial charge in [0.15, 0.2) is 0 Å². The van der Waals surface area contributed by atoms with Gasteiger partial charge in [0.2, 0.25) is 0 Å². The maximum absolute atomic E-state index is 5.97. The molecule has 0 spiro atoms. The molecule has 1 aliphatic rings. The Hall–Kier alpha value is -1.02. The van der Waals surface area contributed by atoms with Crippen LogP contribution in [0.4, 0.5) is 0 Å².